The van der Waals surface area contributed by atoms with E-state index in [0.717, 1.165) is 36.3 Å². The van der Waals surface area contributed by atoms with Crippen molar-refractivity contribution in [2.45, 2.75) is 32.9 Å². The van der Waals surface area contributed by atoms with Gasteiger partial charge >= 0.3 is 0 Å². The zero-order valence-corrected chi connectivity index (χ0v) is 14.0. The number of nitrogens with zero attached hydrogens (tertiary/aromatic N) is 3. The molecule has 1 atom stereocenters. The van der Waals surface area contributed by atoms with Gasteiger partial charge in [-0.3, -0.25) is 4.79 Å². The summed E-state index contributed by atoms with van der Waals surface area (Å²) >= 11 is 0. The van der Waals surface area contributed by atoms with E-state index < -0.39 is 0 Å². The van der Waals surface area contributed by atoms with E-state index in [-0.39, 0.29) is 11.8 Å². The van der Waals surface area contributed by atoms with Gasteiger partial charge in [-0.1, -0.05) is 12.1 Å². The zero-order valence-electron chi connectivity index (χ0n) is 14.0. The lowest BCUT2D eigenvalue weighted by molar-refractivity contribution is -0.135. The first-order valence-electron chi connectivity index (χ1n) is 7.96. The molecule has 0 saturated carbocycles. The minimum absolute atomic E-state index is 0.0426. The molecular weight excluding hydrogens is 290 g/mol. The Morgan fingerprint density at radius 2 is 2.30 bits per heavy atom. The van der Waals surface area contributed by atoms with Crippen LogP contribution in [0.1, 0.15) is 23.2 Å². The van der Waals surface area contributed by atoms with E-state index in [0.29, 0.717) is 6.54 Å². The van der Waals surface area contributed by atoms with Crippen LogP contribution in [0.2, 0.25) is 0 Å². The highest BCUT2D eigenvalue weighted by Crippen LogP contribution is 2.23. The summed E-state index contributed by atoms with van der Waals surface area (Å²) in [5.41, 5.74) is 3.44. The summed E-state index contributed by atoms with van der Waals surface area (Å²) < 4.78 is 7.38. The number of imidazole rings is 1. The van der Waals surface area contributed by atoms with E-state index in [9.17, 15) is 4.79 Å². The first-order chi connectivity index (χ1) is 11.1. The lowest BCUT2D eigenvalue weighted by Gasteiger charge is -2.28. The number of methoxy groups -OCH3 is 1. The second-order valence-corrected chi connectivity index (χ2v) is 6.27. The van der Waals surface area contributed by atoms with Crippen molar-refractivity contribution in [3.05, 3.63) is 47.5 Å². The Hall–Kier alpha value is -2.30. The Labute approximate surface area is 136 Å². The molecular formula is C18H23N3O2. The maximum Gasteiger partial charge on any atom is 0.227 e. The van der Waals surface area contributed by atoms with Gasteiger partial charge in [-0.25, -0.2) is 4.98 Å². The SMILES string of the molecule is COc1ccc(CN(C)C(=O)C2CCc3cncn3C2)cc1C. The second kappa shape index (κ2) is 6.44. The Bertz CT molecular complexity index is 708. The van der Waals surface area contributed by atoms with Crippen molar-refractivity contribution in [3.8, 4) is 5.75 Å². The van der Waals surface area contributed by atoms with Gasteiger partial charge in [-0.05, 0) is 37.0 Å². The van der Waals surface area contributed by atoms with Crippen molar-refractivity contribution in [2.75, 3.05) is 14.2 Å². The number of benzene rings is 1. The fourth-order valence-corrected chi connectivity index (χ4v) is 3.28. The van der Waals surface area contributed by atoms with Crippen LogP contribution < -0.4 is 4.74 Å². The number of aromatic nitrogens is 2. The minimum atomic E-state index is 0.0426. The van der Waals surface area contributed by atoms with E-state index in [2.05, 4.69) is 15.6 Å². The normalized spacial score (nSPS) is 16.7. The molecule has 2 heterocycles. The topological polar surface area (TPSA) is 47.4 Å². The van der Waals surface area contributed by atoms with Crippen LogP contribution in [-0.2, 0) is 24.3 Å². The highest BCUT2D eigenvalue weighted by Gasteiger charge is 2.26. The minimum Gasteiger partial charge on any atom is -0.496 e. The monoisotopic (exact) mass is 313 g/mol. The summed E-state index contributed by atoms with van der Waals surface area (Å²) in [6.07, 6.45) is 5.54. The largest absolute Gasteiger partial charge is 0.496 e. The van der Waals surface area contributed by atoms with Crippen LogP contribution >= 0.6 is 0 Å². The molecule has 122 valence electrons. The van der Waals surface area contributed by atoms with Crippen LogP contribution in [0.3, 0.4) is 0 Å². The predicted molar refractivity (Wildman–Crippen MR) is 88.2 cm³/mol. The molecule has 23 heavy (non-hydrogen) atoms. The lowest BCUT2D eigenvalue weighted by atomic mass is 9.96. The van der Waals surface area contributed by atoms with E-state index in [1.165, 1.54) is 5.69 Å². The number of amides is 1. The summed E-state index contributed by atoms with van der Waals surface area (Å²) in [6.45, 7) is 3.38. The van der Waals surface area contributed by atoms with Crippen molar-refractivity contribution < 1.29 is 9.53 Å². The van der Waals surface area contributed by atoms with Crippen molar-refractivity contribution in [3.63, 3.8) is 0 Å². The number of fused-ring (bicyclic) bond motifs is 1. The number of aryl methyl sites for hydroxylation is 2. The Morgan fingerprint density at radius 1 is 1.48 bits per heavy atom. The average molecular weight is 313 g/mol. The summed E-state index contributed by atoms with van der Waals surface area (Å²) in [4.78, 5) is 18.7. The van der Waals surface area contributed by atoms with Gasteiger partial charge in [0.2, 0.25) is 5.91 Å². The molecule has 1 aliphatic heterocycles. The molecule has 1 amide bonds. The standard InChI is InChI=1S/C18H23N3O2/c1-13-8-14(4-7-17(13)23-3)10-20(2)18(22)15-5-6-16-9-19-12-21(16)11-15/h4,7-9,12,15H,5-6,10-11H2,1-3H3. The van der Waals surface area contributed by atoms with Crippen molar-refractivity contribution in [2.24, 2.45) is 5.92 Å². The highest BCUT2D eigenvalue weighted by atomic mass is 16.5. The van der Waals surface area contributed by atoms with Crippen LogP contribution in [0.25, 0.3) is 0 Å². The third kappa shape index (κ3) is 3.23. The molecule has 5 heteroatoms. The lowest BCUT2D eigenvalue weighted by Crippen LogP contribution is -2.36. The molecule has 1 unspecified atom stereocenters. The van der Waals surface area contributed by atoms with Gasteiger partial charge in [0.25, 0.3) is 0 Å². The second-order valence-electron chi connectivity index (χ2n) is 6.27. The molecule has 1 aromatic heterocycles. The summed E-state index contributed by atoms with van der Waals surface area (Å²) in [6, 6.07) is 6.06. The zero-order chi connectivity index (χ0) is 16.4. The van der Waals surface area contributed by atoms with Gasteiger partial charge in [-0.15, -0.1) is 0 Å². The summed E-state index contributed by atoms with van der Waals surface area (Å²) in [7, 11) is 3.55. The third-order valence-corrected chi connectivity index (χ3v) is 4.57. The van der Waals surface area contributed by atoms with Crippen molar-refractivity contribution in [1.82, 2.24) is 14.5 Å². The van der Waals surface area contributed by atoms with E-state index in [1.807, 2.05) is 43.5 Å². The van der Waals surface area contributed by atoms with Gasteiger partial charge < -0.3 is 14.2 Å². The molecule has 1 aromatic carbocycles. The number of carbonyl (C=O) groups excluding carboxylic acids is 1. The molecule has 0 radical (unpaired) electrons. The van der Waals surface area contributed by atoms with Gasteiger partial charge in [0.1, 0.15) is 5.75 Å². The summed E-state index contributed by atoms with van der Waals surface area (Å²) in [5.74, 6) is 1.13. The number of carbonyl (C=O) groups is 1. The number of hydrogen-bond acceptors (Lipinski definition) is 3. The van der Waals surface area contributed by atoms with E-state index >= 15 is 0 Å². The quantitative estimate of drug-likeness (QED) is 0.871. The number of ether oxygens (including phenoxy) is 1. The van der Waals surface area contributed by atoms with E-state index in [1.54, 1.807) is 7.11 Å². The highest BCUT2D eigenvalue weighted by molar-refractivity contribution is 5.78. The van der Waals surface area contributed by atoms with Gasteiger partial charge in [0.05, 0.1) is 19.4 Å². The first kappa shape index (κ1) is 15.6. The number of hydrogen-bond donors (Lipinski definition) is 0. The molecule has 2 aromatic rings. The average Bonchev–Trinajstić information content (AvgIpc) is 3.01. The van der Waals surface area contributed by atoms with Crippen LogP contribution in [0.4, 0.5) is 0 Å². The molecule has 0 bridgehead atoms. The van der Waals surface area contributed by atoms with Crippen LogP contribution in [0.15, 0.2) is 30.7 Å². The maximum absolute atomic E-state index is 12.7. The smallest absolute Gasteiger partial charge is 0.227 e. The molecule has 0 spiro atoms. The number of rotatable bonds is 4. The molecule has 0 saturated heterocycles. The molecule has 1 aliphatic rings. The first-order valence-corrected chi connectivity index (χ1v) is 7.96. The van der Waals surface area contributed by atoms with E-state index in [4.69, 9.17) is 4.74 Å². The van der Waals surface area contributed by atoms with Crippen LogP contribution in [-0.4, -0.2) is 34.5 Å². The Balaban J connectivity index is 1.65. The third-order valence-electron chi connectivity index (χ3n) is 4.57. The molecule has 5 nitrogen and oxygen atoms in total. The predicted octanol–water partition coefficient (Wildman–Crippen LogP) is 2.42. The Kier molecular flexibility index (Phi) is 4.37. The maximum atomic E-state index is 12.7. The summed E-state index contributed by atoms with van der Waals surface area (Å²) in [5, 5.41) is 0. The van der Waals surface area contributed by atoms with Crippen LogP contribution in [0.5, 0.6) is 5.75 Å². The molecule has 0 N–H and O–H groups in total. The van der Waals surface area contributed by atoms with Gasteiger partial charge in [0, 0.05) is 32.0 Å². The van der Waals surface area contributed by atoms with Crippen molar-refractivity contribution >= 4 is 5.91 Å². The fourth-order valence-electron chi connectivity index (χ4n) is 3.28. The molecule has 0 aliphatic carbocycles. The van der Waals surface area contributed by atoms with Crippen LogP contribution in [0, 0.1) is 12.8 Å². The Morgan fingerprint density at radius 3 is 3.04 bits per heavy atom. The molecule has 0 fully saturated rings. The fraction of sp³-hybridized carbons (Fsp3) is 0.444. The molecule has 3 rings (SSSR count). The van der Waals surface area contributed by atoms with Gasteiger partial charge in [-0.2, -0.15) is 0 Å². The van der Waals surface area contributed by atoms with Gasteiger partial charge in [0.15, 0.2) is 0 Å². The van der Waals surface area contributed by atoms with Crippen molar-refractivity contribution in [1.29, 1.82) is 0 Å².